The average molecular weight is 346 g/mol. The average Bonchev–Trinajstić information content (AvgIpc) is 2.14. The van der Waals surface area contributed by atoms with E-state index in [4.69, 9.17) is 27.0 Å². The zero-order valence-corrected chi connectivity index (χ0v) is 11.8. The summed E-state index contributed by atoms with van der Waals surface area (Å²) < 4.78 is 28.3. The van der Waals surface area contributed by atoms with Gasteiger partial charge in [-0.1, -0.05) is 40.2 Å². The third-order valence-electron chi connectivity index (χ3n) is 1.58. The van der Waals surface area contributed by atoms with Crippen molar-refractivity contribution >= 4 is 47.3 Å². The maximum absolute atomic E-state index is 11.3. The Morgan fingerprint density at radius 1 is 1.50 bits per heavy atom. The summed E-state index contributed by atoms with van der Waals surface area (Å²) in [6.07, 6.45) is 1.48. The van der Waals surface area contributed by atoms with E-state index in [1.165, 1.54) is 18.2 Å². The molecule has 0 radical (unpaired) electrons. The van der Waals surface area contributed by atoms with Crippen molar-refractivity contribution < 1.29 is 13.2 Å². The molecule has 3 nitrogen and oxygen atoms in total. The lowest BCUT2D eigenvalue weighted by molar-refractivity contribution is 0.353. The molecule has 7 heteroatoms. The lowest BCUT2D eigenvalue weighted by Crippen LogP contribution is -2.01. The van der Waals surface area contributed by atoms with Gasteiger partial charge in [-0.25, -0.2) is 8.42 Å². The molecule has 0 aliphatic rings. The standard InChI is InChI=1S/C9H7BrCl2O3S/c1-2-3-15-9-7(11)4-6(10)5-8(9)16(12,13)14/h2,4-5H,1,3H2. The molecule has 0 spiro atoms. The summed E-state index contributed by atoms with van der Waals surface area (Å²) in [4.78, 5) is -0.171. The summed E-state index contributed by atoms with van der Waals surface area (Å²) in [7, 11) is 1.36. The Labute approximate surface area is 112 Å². The van der Waals surface area contributed by atoms with Gasteiger partial charge in [0.1, 0.15) is 11.5 Å². The van der Waals surface area contributed by atoms with Crippen LogP contribution in [0.1, 0.15) is 0 Å². The Bertz CT molecular complexity index is 514. The summed E-state index contributed by atoms with van der Waals surface area (Å²) >= 11 is 8.99. The van der Waals surface area contributed by atoms with Gasteiger partial charge >= 0.3 is 0 Å². The maximum Gasteiger partial charge on any atom is 0.265 e. The van der Waals surface area contributed by atoms with Gasteiger partial charge in [0.2, 0.25) is 0 Å². The molecule has 0 fully saturated rings. The van der Waals surface area contributed by atoms with E-state index >= 15 is 0 Å². The van der Waals surface area contributed by atoms with E-state index in [1.807, 2.05) is 0 Å². The van der Waals surface area contributed by atoms with Crippen molar-refractivity contribution in [2.24, 2.45) is 0 Å². The van der Waals surface area contributed by atoms with Crippen molar-refractivity contribution in [2.45, 2.75) is 4.90 Å². The fraction of sp³-hybridized carbons (Fsp3) is 0.111. The van der Waals surface area contributed by atoms with Gasteiger partial charge < -0.3 is 4.74 Å². The van der Waals surface area contributed by atoms with Crippen LogP contribution in [-0.4, -0.2) is 15.0 Å². The summed E-state index contributed by atoms with van der Waals surface area (Å²) in [5.41, 5.74) is 0. The van der Waals surface area contributed by atoms with Gasteiger partial charge in [0.15, 0.2) is 5.75 Å². The highest BCUT2D eigenvalue weighted by atomic mass is 79.9. The molecule has 0 aromatic heterocycles. The first-order valence-corrected chi connectivity index (χ1v) is 7.51. The fourth-order valence-corrected chi connectivity index (χ4v) is 3.07. The third kappa shape index (κ3) is 3.38. The Kier molecular flexibility index (Phi) is 4.67. The zero-order chi connectivity index (χ0) is 12.3. The molecule has 0 bridgehead atoms. The Balaban J connectivity index is 3.38. The molecule has 0 amide bonds. The van der Waals surface area contributed by atoms with Crippen molar-refractivity contribution in [3.05, 3.63) is 34.3 Å². The molecule has 0 aliphatic heterocycles. The fourth-order valence-electron chi connectivity index (χ4n) is 1.00. The first kappa shape index (κ1) is 13.8. The van der Waals surface area contributed by atoms with E-state index in [-0.39, 0.29) is 22.3 Å². The molecule has 1 rings (SSSR count). The minimum atomic E-state index is -3.91. The van der Waals surface area contributed by atoms with Crippen molar-refractivity contribution in [1.82, 2.24) is 0 Å². The Morgan fingerprint density at radius 3 is 2.62 bits per heavy atom. The normalized spacial score (nSPS) is 11.2. The molecule has 0 heterocycles. The molecule has 88 valence electrons. The van der Waals surface area contributed by atoms with Crippen LogP contribution in [0, 0.1) is 0 Å². The molecule has 0 aliphatic carbocycles. The summed E-state index contributed by atoms with van der Waals surface area (Å²) in [5, 5.41) is 0.162. The highest BCUT2D eigenvalue weighted by molar-refractivity contribution is 9.10. The van der Waals surface area contributed by atoms with Crippen LogP contribution in [0.2, 0.25) is 5.02 Å². The number of hydrogen-bond acceptors (Lipinski definition) is 3. The maximum atomic E-state index is 11.3. The summed E-state index contributed by atoms with van der Waals surface area (Å²) in [6, 6.07) is 2.85. The minimum absolute atomic E-state index is 0.0276. The molecule has 16 heavy (non-hydrogen) atoms. The van der Waals surface area contributed by atoms with Gasteiger partial charge in [-0.05, 0) is 12.1 Å². The molecule has 0 saturated heterocycles. The van der Waals surface area contributed by atoms with Crippen LogP contribution in [0.5, 0.6) is 5.75 Å². The van der Waals surface area contributed by atoms with Gasteiger partial charge in [0, 0.05) is 15.2 Å². The first-order chi connectivity index (χ1) is 7.36. The predicted molar refractivity (Wildman–Crippen MR) is 67.9 cm³/mol. The number of ether oxygens (including phenoxy) is 1. The van der Waals surface area contributed by atoms with Crippen LogP contribution in [0.25, 0.3) is 0 Å². The molecule has 0 saturated carbocycles. The number of benzene rings is 1. The Hall–Kier alpha value is -0.230. The van der Waals surface area contributed by atoms with E-state index in [0.717, 1.165) is 0 Å². The molecule has 0 atom stereocenters. The lowest BCUT2D eigenvalue weighted by Gasteiger charge is -2.10. The third-order valence-corrected chi connectivity index (χ3v) is 3.65. The second-order valence-corrected chi connectivity index (χ2v) is 6.61. The van der Waals surface area contributed by atoms with Crippen LogP contribution < -0.4 is 4.74 Å². The topological polar surface area (TPSA) is 43.4 Å². The molecule has 0 unspecified atom stereocenters. The van der Waals surface area contributed by atoms with E-state index in [1.54, 1.807) is 0 Å². The van der Waals surface area contributed by atoms with E-state index < -0.39 is 9.05 Å². The molecule has 1 aromatic rings. The highest BCUT2D eigenvalue weighted by Gasteiger charge is 2.20. The molecular weight excluding hydrogens is 339 g/mol. The summed E-state index contributed by atoms with van der Waals surface area (Å²) in [6.45, 7) is 3.59. The number of hydrogen-bond donors (Lipinski definition) is 0. The highest BCUT2D eigenvalue weighted by Crippen LogP contribution is 2.37. The van der Waals surface area contributed by atoms with Crippen molar-refractivity contribution in [3.8, 4) is 5.75 Å². The van der Waals surface area contributed by atoms with Crippen molar-refractivity contribution in [3.63, 3.8) is 0 Å². The van der Waals surface area contributed by atoms with Crippen LogP contribution in [0.3, 0.4) is 0 Å². The minimum Gasteiger partial charge on any atom is -0.487 e. The van der Waals surface area contributed by atoms with E-state index in [9.17, 15) is 8.42 Å². The predicted octanol–water partition coefficient (Wildman–Crippen LogP) is 3.59. The van der Waals surface area contributed by atoms with Gasteiger partial charge in [0.05, 0.1) is 5.02 Å². The van der Waals surface area contributed by atoms with Crippen LogP contribution in [0.15, 0.2) is 34.2 Å². The molecule has 0 N–H and O–H groups in total. The Morgan fingerprint density at radius 2 is 2.12 bits per heavy atom. The molecular formula is C9H7BrCl2O3S. The quantitative estimate of drug-likeness (QED) is 0.618. The van der Waals surface area contributed by atoms with Gasteiger partial charge in [-0.3, -0.25) is 0 Å². The van der Waals surface area contributed by atoms with Gasteiger partial charge in [-0.2, -0.15) is 0 Å². The number of rotatable bonds is 4. The van der Waals surface area contributed by atoms with Crippen LogP contribution in [-0.2, 0) is 9.05 Å². The second-order valence-electron chi connectivity index (χ2n) is 2.75. The monoisotopic (exact) mass is 344 g/mol. The molecule has 1 aromatic carbocycles. The number of halogens is 3. The SMILES string of the molecule is C=CCOc1c(Cl)cc(Br)cc1S(=O)(=O)Cl. The first-order valence-electron chi connectivity index (χ1n) is 4.03. The van der Waals surface area contributed by atoms with Gasteiger partial charge in [-0.15, -0.1) is 0 Å². The zero-order valence-electron chi connectivity index (χ0n) is 7.91. The van der Waals surface area contributed by atoms with Gasteiger partial charge in [0.25, 0.3) is 9.05 Å². The van der Waals surface area contributed by atoms with E-state index in [0.29, 0.717) is 4.47 Å². The van der Waals surface area contributed by atoms with E-state index in [2.05, 4.69) is 22.5 Å². The van der Waals surface area contributed by atoms with Crippen LogP contribution >= 0.6 is 38.2 Å². The smallest absolute Gasteiger partial charge is 0.265 e. The lowest BCUT2D eigenvalue weighted by atomic mass is 10.3. The van der Waals surface area contributed by atoms with Crippen molar-refractivity contribution in [1.29, 1.82) is 0 Å². The largest absolute Gasteiger partial charge is 0.487 e. The van der Waals surface area contributed by atoms with Crippen molar-refractivity contribution in [2.75, 3.05) is 6.61 Å². The second kappa shape index (κ2) is 5.40. The summed E-state index contributed by atoms with van der Waals surface area (Å²) in [5.74, 6) is 0.0276. The van der Waals surface area contributed by atoms with Crippen LogP contribution in [0.4, 0.5) is 0 Å².